The molecule has 0 bridgehead atoms. The minimum atomic E-state index is -0.593. The number of carbonyl (C=O) groups is 2. The maximum atomic E-state index is 13.5. The van der Waals surface area contributed by atoms with Crippen LogP contribution in [0.4, 0.5) is 10.1 Å². The van der Waals surface area contributed by atoms with E-state index >= 15 is 0 Å². The van der Waals surface area contributed by atoms with Crippen LogP contribution in [0.5, 0.6) is 0 Å². The van der Waals surface area contributed by atoms with Gasteiger partial charge in [0.05, 0.1) is 11.8 Å². The molecule has 0 heterocycles. The molecular weight excluding hydrogens is 275 g/mol. The zero-order chi connectivity index (χ0) is 16.0. The Bertz CT molecular complexity index is 518. The summed E-state index contributed by atoms with van der Waals surface area (Å²) < 4.78 is 13.5. The highest BCUT2D eigenvalue weighted by Gasteiger charge is 2.12. The van der Waals surface area contributed by atoms with Gasteiger partial charge >= 0.3 is 0 Å². The Balaban J connectivity index is 2.68. The average molecular weight is 296 g/mol. The summed E-state index contributed by atoms with van der Waals surface area (Å²) in [6, 6.07) is 3.79. The molecule has 0 aliphatic carbocycles. The predicted octanol–water partition coefficient (Wildman–Crippen LogP) is 1.92. The van der Waals surface area contributed by atoms with Gasteiger partial charge in [-0.25, -0.2) is 4.39 Å². The van der Waals surface area contributed by atoms with E-state index in [4.69, 9.17) is 0 Å². The molecule has 0 spiro atoms. The average Bonchev–Trinajstić information content (AvgIpc) is 2.37. The van der Waals surface area contributed by atoms with Crippen molar-refractivity contribution in [1.29, 1.82) is 0 Å². The maximum absolute atomic E-state index is 13.5. The Morgan fingerprint density at radius 1 is 1.33 bits per heavy atom. The lowest BCUT2D eigenvalue weighted by Gasteiger charge is -2.14. The van der Waals surface area contributed by atoms with E-state index in [1.807, 2.05) is 6.92 Å². The van der Waals surface area contributed by atoms with Gasteiger partial charge in [-0.15, -0.1) is 0 Å². The summed E-state index contributed by atoms with van der Waals surface area (Å²) in [6.07, 6.45) is 0.162. The third-order valence-corrected chi connectivity index (χ3v) is 2.89. The first-order valence-electron chi connectivity index (χ1n) is 6.83. The van der Waals surface area contributed by atoms with Gasteiger partial charge in [-0.05, 0) is 37.5 Å². The van der Waals surface area contributed by atoms with Crippen molar-refractivity contribution in [3.8, 4) is 0 Å². The largest absolute Gasteiger partial charge is 0.393 e. The highest BCUT2D eigenvalue weighted by molar-refractivity contribution is 5.96. The zero-order valence-electron chi connectivity index (χ0n) is 12.4. The Kier molecular flexibility index (Phi) is 6.30. The SMILES string of the molecule is CC(=O)Nc1cc(C(=O)NCC(C)CC(C)O)ccc1F. The van der Waals surface area contributed by atoms with Crippen molar-refractivity contribution < 1.29 is 19.1 Å². The monoisotopic (exact) mass is 296 g/mol. The Morgan fingerprint density at radius 3 is 2.57 bits per heavy atom. The molecule has 6 heteroatoms. The minimum Gasteiger partial charge on any atom is -0.393 e. The van der Waals surface area contributed by atoms with Crippen molar-refractivity contribution in [3.63, 3.8) is 0 Å². The van der Waals surface area contributed by atoms with Gasteiger partial charge in [-0.1, -0.05) is 6.92 Å². The predicted molar refractivity (Wildman–Crippen MR) is 78.5 cm³/mol. The summed E-state index contributed by atoms with van der Waals surface area (Å²) in [5.41, 5.74) is 0.247. The number of aliphatic hydroxyl groups is 1. The van der Waals surface area contributed by atoms with E-state index in [-0.39, 0.29) is 23.1 Å². The molecule has 0 fully saturated rings. The fraction of sp³-hybridized carbons (Fsp3) is 0.467. The minimum absolute atomic E-state index is 0.0211. The number of nitrogens with one attached hydrogen (secondary N) is 2. The van der Waals surface area contributed by atoms with Gasteiger partial charge in [0, 0.05) is 19.0 Å². The number of hydrogen-bond acceptors (Lipinski definition) is 3. The van der Waals surface area contributed by atoms with Crippen molar-refractivity contribution in [1.82, 2.24) is 5.32 Å². The number of halogens is 1. The van der Waals surface area contributed by atoms with Crippen LogP contribution < -0.4 is 10.6 Å². The molecule has 0 saturated carbocycles. The summed E-state index contributed by atoms with van der Waals surface area (Å²) >= 11 is 0. The number of carbonyl (C=O) groups excluding carboxylic acids is 2. The molecule has 116 valence electrons. The van der Waals surface area contributed by atoms with Crippen molar-refractivity contribution in [2.45, 2.75) is 33.3 Å². The number of rotatable bonds is 6. The van der Waals surface area contributed by atoms with E-state index in [1.54, 1.807) is 6.92 Å². The molecule has 2 unspecified atom stereocenters. The van der Waals surface area contributed by atoms with Gasteiger partial charge in [-0.2, -0.15) is 0 Å². The van der Waals surface area contributed by atoms with Gasteiger partial charge in [-0.3, -0.25) is 9.59 Å². The quantitative estimate of drug-likeness (QED) is 0.750. The molecule has 1 rings (SSSR count). The maximum Gasteiger partial charge on any atom is 0.251 e. The van der Waals surface area contributed by atoms with Gasteiger partial charge in [0.2, 0.25) is 5.91 Å². The summed E-state index contributed by atoms with van der Waals surface area (Å²) in [4.78, 5) is 22.9. The molecule has 5 nitrogen and oxygen atoms in total. The second kappa shape index (κ2) is 7.73. The summed E-state index contributed by atoms with van der Waals surface area (Å²) in [5.74, 6) is -1.22. The zero-order valence-corrected chi connectivity index (χ0v) is 12.4. The molecule has 2 atom stereocenters. The van der Waals surface area contributed by atoms with E-state index in [0.29, 0.717) is 13.0 Å². The van der Waals surface area contributed by atoms with Crippen LogP contribution in [0.1, 0.15) is 37.6 Å². The second-order valence-corrected chi connectivity index (χ2v) is 5.28. The fourth-order valence-electron chi connectivity index (χ4n) is 1.99. The van der Waals surface area contributed by atoms with Crippen molar-refractivity contribution in [2.75, 3.05) is 11.9 Å². The fourth-order valence-corrected chi connectivity index (χ4v) is 1.99. The molecule has 1 aromatic rings. The van der Waals surface area contributed by atoms with Crippen LogP contribution in [0, 0.1) is 11.7 Å². The normalized spacial score (nSPS) is 13.4. The van der Waals surface area contributed by atoms with E-state index < -0.39 is 17.8 Å². The van der Waals surface area contributed by atoms with Crippen LogP contribution in [0.2, 0.25) is 0 Å². The smallest absolute Gasteiger partial charge is 0.251 e. The molecule has 21 heavy (non-hydrogen) atoms. The standard InChI is InChI=1S/C15H21FN2O3/c1-9(6-10(2)19)8-17-15(21)12-4-5-13(16)14(7-12)18-11(3)20/h4-5,7,9-10,19H,6,8H2,1-3H3,(H,17,21)(H,18,20). The lowest BCUT2D eigenvalue weighted by Crippen LogP contribution is -2.29. The molecule has 0 aromatic heterocycles. The molecule has 1 aromatic carbocycles. The van der Waals surface area contributed by atoms with Crippen LogP contribution in [0.3, 0.4) is 0 Å². The lowest BCUT2D eigenvalue weighted by atomic mass is 10.0. The second-order valence-electron chi connectivity index (χ2n) is 5.28. The van der Waals surface area contributed by atoms with Crippen molar-refractivity contribution in [2.24, 2.45) is 5.92 Å². The van der Waals surface area contributed by atoms with E-state index in [1.165, 1.54) is 19.1 Å². The van der Waals surface area contributed by atoms with Gasteiger partial charge < -0.3 is 15.7 Å². The third-order valence-electron chi connectivity index (χ3n) is 2.89. The van der Waals surface area contributed by atoms with Crippen molar-refractivity contribution >= 4 is 17.5 Å². The van der Waals surface area contributed by atoms with Crippen LogP contribution >= 0.6 is 0 Å². The van der Waals surface area contributed by atoms with Gasteiger partial charge in [0.1, 0.15) is 5.82 Å². The molecule has 0 aliphatic heterocycles. The molecule has 3 N–H and O–H groups in total. The third kappa shape index (κ3) is 5.91. The molecule has 0 saturated heterocycles. The Morgan fingerprint density at radius 2 is 2.00 bits per heavy atom. The number of benzene rings is 1. The summed E-state index contributed by atoms with van der Waals surface area (Å²) in [6.45, 7) is 5.29. The van der Waals surface area contributed by atoms with E-state index in [0.717, 1.165) is 6.07 Å². The lowest BCUT2D eigenvalue weighted by molar-refractivity contribution is -0.114. The number of hydrogen-bond donors (Lipinski definition) is 3. The number of amides is 2. The summed E-state index contributed by atoms with van der Waals surface area (Å²) in [5, 5.41) is 14.3. The molecule has 2 amide bonds. The highest BCUT2D eigenvalue weighted by Crippen LogP contribution is 2.16. The Labute approximate surface area is 123 Å². The first-order chi connectivity index (χ1) is 9.79. The van der Waals surface area contributed by atoms with E-state index in [2.05, 4.69) is 10.6 Å². The van der Waals surface area contributed by atoms with Gasteiger partial charge in [0.15, 0.2) is 0 Å². The summed E-state index contributed by atoms with van der Waals surface area (Å²) in [7, 11) is 0. The Hall–Kier alpha value is -1.95. The first kappa shape index (κ1) is 17.1. The van der Waals surface area contributed by atoms with Crippen LogP contribution in [-0.2, 0) is 4.79 Å². The van der Waals surface area contributed by atoms with Crippen LogP contribution in [-0.4, -0.2) is 29.6 Å². The van der Waals surface area contributed by atoms with Crippen molar-refractivity contribution in [3.05, 3.63) is 29.6 Å². The van der Waals surface area contributed by atoms with E-state index in [9.17, 15) is 19.1 Å². The van der Waals surface area contributed by atoms with Crippen LogP contribution in [0.25, 0.3) is 0 Å². The van der Waals surface area contributed by atoms with Crippen LogP contribution in [0.15, 0.2) is 18.2 Å². The number of aliphatic hydroxyl groups excluding tert-OH is 1. The first-order valence-corrected chi connectivity index (χ1v) is 6.83. The molecule has 0 radical (unpaired) electrons. The topological polar surface area (TPSA) is 78.4 Å². The molecule has 0 aliphatic rings. The van der Waals surface area contributed by atoms with Gasteiger partial charge in [0.25, 0.3) is 5.91 Å². The highest BCUT2D eigenvalue weighted by atomic mass is 19.1. The molecular formula is C15H21FN2O3. The number of anilines is 1.